The van der Waals surface area contributed by atoms with Crippen molar-refractivity contribution in [1.29, 1.82) is 5.26 Å². The number of benzene rings is 1. The van der Waals surface area contributed by atoms with Crippen molar-refractivity contribution >= 4 is 5.84 Å². The third kappa shape index (κ3) is 1.20. The summed E-state index contributed by atoms with van der Waals surface area (Å²) >= 11 is 0. The molecular weight excluding hydrogens is 193 g/mol. The Bertz CT molecular complexity index is 489. The molecule has 2 aliphatic rings. The van der Waals surface area contributed by atoms with Gasteiger partial charge in [-0.05, 0) is 17.7 Å². The maximum Gasteiger partial charge on any atom is 0.181 e. The molecule has 2 atom stereocenters. The minimum absolute atomic E-state index is 0.0108. The molecule has 3 rings (SSSR count). The lowest BCUT2D eigenvalue weighted by atomic mass is 10.0. The fourth-order valence-corrected chi connectivity index (χ4v) is 2.02. The topological polar surface area (TPSA) is 39.2 Å². The third-order valence-corrected chi connectivity index (χ3v) is 2.81. The van der Waals surface area contributed by atoms with Gasteiger partial charge in [-0.25, -0.2) is 9.40 Å². The molecule has 74 valence electrons. The lowest BCUT2D eigenvalue weighted by molar-refractivity contribution is 0.357. The average Bonchev–Trinajstić information content (AvgIpc) is 3.00. The van der Waals surface area contributed by atoms with Crippen LogP contribution in [0.1, 0.15) is 23.6 Å². The molecule has 1 aromatic rings. The molecule has 1 fully saturated rings. The monoisotopic (exact) mass is 201 g/mol. The first kappa shape index (κ1) is 8.42. The van der Waals surface area contributed by atoms with Gasteiger partial charge in [0, 0.05) is 6.42 Å². The predicted octanol–water partition coefficient (Wildman–Crippen LogP) is 1.97. The van der Waals surface area contributed by atoms with Crippen LogP contribution in [0.3, 0.4) is 0 Å². The fourth-order valence-electron chi connectivity index (χ4n) is 2.02. The van der Waals surface area contributed by atoms with Crippen molar-refractivity contribution in [2.24, 2.45) is 5.10 Å². The Morgan fingerprint density at radius 1 is 1.53 bits per heavy atom. The normalized spacial score (nSPS) is 26.9. The van der Waals surface area contributed by atoms with E-state index in [2.05, 4.69) is 11.2 Å². The standard InChI is InChI=1S/C11H8FN3/c12-9-5-10(15-11(9)14-15)8-3-1-2-7(4-8)6-13/h1-4,9-10H,5H2. The molecule has 1 aromatic carbocycles. The molecule has 2 aliphatic heterocycles. The number of rotatable bonds is 1. The summed E-state index contributed by atoms with van der Waals surface area (Å²) in [7, 11) is 0. The number of nitrogens with zero attached hydrogens (tertiary/aromatic N) is 3. The largest absolute Gasteiger partial charge is 0.239 e. The molecule has 3 nitrogen and oxygen atoms in total. The third-order valence-electron chi connectivity index (χ3n) is 2.81. The quantitative estimate of drug-likeness (QED) is 0.696. The van der Waals surface area contributed by atoms with Gasteiger partial charge in [-0.1, -0.05) is 12.1 Å². The van der Waals surface area contributed by atoms with E-state index >= 15 is 0 Å². The highest BCUT2D eigenvalue weighted by Crippen LogP contribution is 2.42. The Morgan fingerprint density at radius 3 is 3.00 bits per heavy atom. The zero-order chi connectivity index (χ0) is 10.4. The number of alkyl halides is 1. The van der Waals surface area contributed by atoms with Crippen LogP contribution in [0.15, 0.2) is 29.4 Å². The average molecular weight is 201 g/mol. The van der Waals surface area contributed by atoms with Crippen molar-refractivity contribution < 1.29 is 4.39 Å². The number of hydrogen-bond donors (Lipinski definition) is 0. The van der Waals surface area contributed by atoms with E-state index in [1.54, 1.807) is 17.1 Å². The summed E-state index contributed by atoms with van der Waals surface area (Å²) in [6.45, 7) is 0. The van der Waals surface area contributed by atoms with Crippen LogP contribution in [-0.2, 0) is 0 Å². The van der Waals surface area contributed by atoms with E-state index in [-0.39, 0.29) is 6.04 Å². The van der Waals surface area contributed by atoms with Gasteiger partial charge >= 0.3 is 0 Å². The summed E-state index contributed by atoms with van der Waals surface area (Å²) < 4.78 is 13.2. The van der Waals surface area contributed by atoms with Crippen molar-refractivity contribution in [3.63, 3.8) is 0 Å². The van der Waals surface area contributed by atoms with E-state index < -0.39 is 6.17 Å². The highest BCUT2D eigenvalue weighted by atomic mass is 19.1. The molecule has 1 saturated heterocycles. The smallest absolute Gasteiger partial charge is 0.181 e. The van der Waals surface area contributed by atoms with Crippen LogP contribution in [0, 0.1) is 11.3 Å². The predicted molar refractivity (Wildman–Crippen MR) is 52.7 cm³/mol. The second-order valence-electron chi connectivity index (χ2n) is 3.76. The van der Waals surface area contributed by atoms with Crippen LogP contribution in [0.5, 0.6) is 0 Å². The van der Waals surface area contributed by atoms with Gasteiger partial charge in [-0.15, -0.1) is 0 Å². The number of hydrogen-bond acceptors (Lipinski definition) is 3. The summed E-state index contributed by atoms with van der Waals surface area (Å²) in [5.74, 6) is 0.558. The molecule has 15 heavy (non-hydrogen) atoms. The summed E-state index contributed by atoms with van der Waals surface area (Å²) in [6, 6.07) is 9.35. The molecule has 0 radical (unpaired) electrons. The molecular formula is C11H8FN3. The van der Waals surface area contributed by atoms with Gasteiger partial charge < -0.3 is 0 Å². The van der Waals surface area contributed by atoms with E-state index in [0.29, 0.717) is 17.8 Å². The summed E-state index contributed by atoms with van der Waals surface area (Å²) in [5, 5.41) is 14.4. The molecule has 0 bridgehead atoms. The van der Waals surface area contributed by atoms with E-state index in [1.807, 2.05) is 12.1 Å². The SMILES string of the molecule is N#Cc1cccc(C2CC(F)C3=NN32)c1. The Kier molecular flexibility index (Phi) is 1.57. The molecule has 0 saturated carbocycles. The Hall–Kier alpha value is -1.89. The Morgan fingerprint density at radius 2 is 2.40 bits per heavy atom. The van der Waals surface area contributed by atoms with Crippen LogP contribution >= 0.6 is 0 Å². The summed E-state index contributed by atoms with van der Waals surface area (Å²) in [4.78, 5) is 0. The first-order valence-corrected chi connectivity index (χ1v) is 4.81. The molecule has 0 aliphatic carbocycles. The van der Waals surface area contributed by atoms with Crippen LogP contribution in [0.25, 0.3) is 0 Å². The number of amidine groups is 1. The lowest BCUT2D eigenvalue weighted by Crippen LogP contribution is -2.06. The van der Waals surface area contributed by atoms with Crippen molar-refractivity contribution in [3.8, 4) is 6.07 Å². The van der Waals surface area contributed by atoms with Gasteiger partial charge in [-0.3, -0.25) is 0 Å². The molecule has 4 heteroatoms. The zero-order valence-electron chi connectivity index (χ0n) is 7.89. The summed E-state index contributed by atoms with van der Waals surface area (Å²) in [6.07, 6.45) is -0.478. The second-order valence-corrected chi connectivity index (χ2v) is 3.76. The van der Waals surface area contributed by atoms with Crippen LogP contribution in [0.4, 0.5) is 4.39 Å². The number of nitriles is 1. The highest BCUT2D eigenvalue weighted by Gasteiger charge is 2.47. The van der Waals surface area contributed by atoms with Crippen molar-refractivity contribution in [2.45, 2.75) is 18.6 Å². The van der Waals surface area contributed by atoms with E-state index in [9.17, 15) is 4.39 Å². The second kappa shape index (κ2) is 2.80. The maximum absolute atomic E-state index is 13.2. The first-order valence-electron chi connectivity index (χ1n) is 4.81. The number of fused-ring (bicyclic) bond motifs is 1. The lowest BCUT2D eigenvalue weighted by Gasteiger charge is -2.12. The minimum Gasteiger partial charge on any atom is -0.239 e. The van der Waals surface area contributed by atoms with Crippen LogP contribution in [-0.4, -0.2) is 17.0 Å². The summed E-state index contributed by atoms with van der Waals surface area (Å²) in [5.41, 5.74) is 1.58. The fraction of sp³-hybridized carbons (Fsp3) is 0.273. The molecule has 2 heterocycles. The van der Waals surface area contributed by atoms with Gasteiger partial charge in [0.25, 0.3) is 0 Å². The molecule has 0 amide bonds. The molecule has 2 unspecified atom stereocenters. The Balaban J connectivity index is 1.91. The zero-order valence-corrected chi connectivity index (χ0v) is 7.89. The van der Waals surface area contributed by atoms with Crippen molar-refractivity contribution in [3.05, 3.63) is 35.4 Å². The first-order chi connectivity index (χ1) is 7.29. The van der Waals surface area contributed by atoms with Gasteiger partial charge in [0.05, 0.1) is 17.7 Å². The van der Waals surface area contributed by atoms with E-state index in [0.717, 1.165) is 5.56 Å². The molecule has 0 N–H and O–H groups in total. The van der Waals surface area contributed by atoms with Gasteiger partial charge in [0.1, 0.15) is 0 Å². The minimum atomic E-state index is -0.930. The molecule has 0 aromatic heterocycles. The number of halogens is 1. The van der Waals surface area contributed by atoms with Crippen LogP contribution in [0.2, 0.25) is 0 Å². The van der Waals surface area contributed by atoms with E-state index in [4.69, 9.17) is 5.26 Å². The van der Waals surface area contributed by atoms with Crippen LogP contribution < -0.4 is 0 Å². The highest BCUT2D eigenvalue weighted by molar-refractivity contribution is 5.97. The molecule has 0 spiro atoms. The maximum atomic E-state index is 13.2. The van der Waals surface area contributed by atoms with Gasteiger partial charge in [0.15, 0.2) is 12.0 Å². The van der Waals surface area contributed by atoms with Crippen molar-refractivity contribution in [1.82, 2.24) is 5.01 Å². The van der Waals surface area contributed by atoms with Gasteiger partial charge in [0.2, 0.25) is 0 Å². The van der Waals surface area contributed by atoms with Crippen molar-refractivity contribution in [2.75, 3.05) is 0 Å². The number of hydrazone groups is 1. The Labute approximate surface area is 86.4 Å². The van der Waals surface area contributed by atoms with E-state index in [1.165, 1.54) is 0 Å². The van der Waals surface area contributed by atoms with Gasteiger partial charge in [-0.2, -0.15) is 10.4 Å².